The second kappa shape index (κ2) is 4.52. The lowest BCUT2D eigenvalue weighted by Gasteiger charge is -2.15. The van der Waals surface area contributed by atoms with Gasteiger partial charge >= 0.3 is 0 Å². The second-order valence-corrected chi connectivity index (χ2v) is 4.79. The fourth-order valence-electron chi connectivity index (χ4n) is 2.65. The molecule has 96 valence electrons. The van der Waals surface area contributed by atoms with E-state index in [4.69, 9.17) is 9.47 Å². The monoisotopic (exact) mass is 247 g/mol. The van der Waals surface area contributed by atoms with Crippen molar-refractivity contribution in [2.45, 2.75) is 25.7 Å². The first kappa shape index (κ1) is 11.4. The van der Waals surface area contributed by atoms with Gasteiger partial charge in [-0.25, -0.2) is 0 Å². The van der Waals surface area contributed by atoms with Crippen LogP contribution in [0.15, 0.2) is 18.2 Å². The number of carbonyl (C=O) groups is 1. The first-order valence-electron chi connectivity index (χ1n) is 6.45. The largest absolute Gasteiger partial charge is 0.454 e. The first-order chi connectivity index (χ1) is 8.78. The molecule has 1 fully saturated rings. The van der Waals surface area contributed by atoms with Gasteiger partial charge in [0.25, 0.3) is 0 Å². The van der Waals surface area contributed by atoms with Gasteiger partial charge in [0, 0.05) is 25.4 Å². The molecular formula is C14H17NO3. The van der Waals surface area contributed by atoms with Crippen molar-refractivity contribution in [1.82, 2.24) is 4.90 Å². The molecular weight excluding hydrogens is 230 g/mol. The highest BCUT2D eigenvalue weighted by Crippen LogP contribution is 2.37. The fourth-order valence-corrected chi connectivity index (χ4v) is 2.65. The van der Waals surface area contributed by atoms with E-state index in [1.54, 1.807) is 0 Å². The molecule has 1 amide bonds. The SMILES string of the molecule is CCC(=O)N1CCC(c2ccc3c(c2)OCO3)C1. The van der Waals surface area contributed by atoms with Crippen LogP contribution in [0.2, 0.25) is 0 Å². The number of fused-ring (bicyclic) bond motifs is 1. The summed E-state index contributed by atoms with van der Waals surface area (Å²) in [5, 5.41) is 0. The van der Waals surface area contributed by atoms with Crippen molar-refractivity contribution in [1.29, 1.82) is 0 Å². The molecule has 0 N–H and O–H groups in total. The van der Waals surface area contributed by atoms with Crippen molar-refractivity contribution in [3.8, 4) is 11.5 Å². The number of likely N-dealkylation sites (tertiary alicyclic amines) is 1. The number of ether oxygens (including phenoxy) is 2. The maximum absolute atomic E-state index is 11.7. The molecule has 4 heteroatoms. The van der Waals surface area contributed by atoms with Crippen molar-refractivity contribution in [2.75, 3.05) is 19.9 Å². The summed E-state index contributed by atoms with van der Waals surface area (Å²) < 4.78 is 10.7. The molecule has 2 heterocycles. The van der Waals surface area contributed by atoms with E-state index in [1.165, 1.54) is 5.56 Å². The van der Waals surface area contributed by atoms with Crippen molar-refractivity contribution in [3.05, 3.63) is 23.8 Å². The Hall–Kier alpha value is -1.71. The lowest BCUT2D eigenvalue weighted by molar-refractivity contribution is -0.129. The van der Waals surface area contributed by atoms with Crippen LogP contribution in [0.3, 0.4) is 0 Å². The second-order valence-electron chi connectivity index (χ2n) is 4.79. The van der Waals surface area contributed by atoms with E-state index in [2.05, 4.69) is 6.07 Å². The molecule has 3 rings (SSSR count). The summed E-state index contributed by atoms with van der Waals surface area (Å²) >= 11 is 0. The number of hydrogen-bond acceptors (Lipinski definition) is 3. The Bertz CT molecular complexity index is 472. The molecule has 0 radical (unpaired) electrons. The van der Waals surface area contributed by atoms with Crippen LogP contribution in [0.5, 0.6) is 11.5 Å². The molecule has 0 aromatic heterocycles. The summed E-state index contributed by atoms with van der Waals surface area (Å²) in [6.07, 6.45) is 1.62. The number of hydrogen-bond donors (Lipinski definition) is 0. The highest BCUT2D eigenvalue weighted by molar-refractivity contribution is 5.76. The van der Waals surface area contributed by atoms with Gasteiger partial charge in [-0.1, -0.05) is 13.0 Å². The highest BCUT2D eigenvalue weighted by atomic mass is 16.7. The Morgan fingerprint density at radius 2 is 2.22 bits per heavy atom. The summed E-state index contributed by atoms with van der Waals surface area (Å²) in [5.41, 5.74) is 1.24. The van der Waals surface area contributed by atoms with Crippen LogP contribution in [0.1, 0.15) is 31.2 Å². The van der Waals surface area contributed by atoms with Crippen LogP contribution < -0.4 is 9.47 Å². The van der Waals surface area contributed by atoms with Crippen LogP contribution in [0.25, 0.3) is 0 Å². The third kappa shape index (κ3) is 1.92. The predicted octanol–water partition coefficient (Wildman–Crippen LogP) is 2.14. The lowest BCUT2D eigenvalue weighted by atomic mass is 9.98. The molecule has 0 bridgehead atoms. The van der Waals surface area contributed by atoms with Crippen LogP contribution in [0, 0.1) is 0 Å². The van der Waals surface area contributed by atoms with Crippen molar-refractivity contribution in [3.63, 3.8) is 0 Å². The Morgan fingerprint density at radius 1 is 1.39 bits per heavy atom. The van der Waals surface area contributed by atoms with E-state index in [0.717, 1.165) is 31.0 Å². The zero-order chi connectivity index (χ0) is 12.5. The smallest absolute Gasteiger partial charge is 0.231 e. The van der Waals surface area contributed by atoms with Crippen LogP contribution in [-0.2, 0) is 4.79 Å². The molecule has 4 nitrogen and oxygen atoms in total. The van der Waals surface area contributed by atoms with Gasteiger partial charge in [-0.05, 0) is 24.1 Å². The number of nitrogens with zero attached hydrogens (tertiary/aromatic N) is 1. The Kier molecular flexibility index (Phi) is 2.86. The standard InChI is InChI=1S/C14H17NO3/c1-2-14(16)15-6-5-11(8-15)10-3-4-12-13(7-10)18-9-17-12/h3-4,7,11H,2,5-6,8-9H2,1H3. The van der Waals surface area contributed by atoms with Crippen LogP contribution in [-0.4, -0.2) is 30.7 Å². The average molecular weight is 247 g/mol. The molecule has 18 heavy (non-hydrogen) atoms. The Morgan fingerprint density at radius 3 is 3.06 bits per heavy atom. The quantitative estimate of drug-likeness (QED) is 0.803. The molecule has 1 saturated heterocycles. The van der Waals surface area contributed by atoms with Gasteiger partial charge in [0.05, 0.1) is 0 Å². The topological polar surface area (TPSA) is 38.8 Å². The molecule has 2 aliphatic heterocycles. The third-order valence-corrected chi connectivity index (χ3v) is 3.71. The van der Waals surface area contributed by atoms with E-state index in [0.29, 0.717) is 19.1 Å². The van der Waals surface area contributed by atoms with E-state index >= 15 is 0 Å². The normalized spacial score (nSPS) is 21.4. The average Bonchev–Trinajstić information content (AvgIpc) is 3.05. The minimum absolute atomic E-state index is 0.248. The molecule has 0 spiro atoms. The maximum Gasteiger partial charge on any atom is 0.231 e. The molecule has 0 saturated carbocycles. The Labute approximate surface area is 106 Å². The van der Waals surface area contributed by atoms with Crippen LogP contribution in [0.4, 0.5) is 0 Å². The minimum Gasteiger partial charge on any atom is -0.454 e. The summed E-state index contributed by atoms with van der Waals surface area (Å²) in [6, 6.07) is 6.09. The minimum atomic E-state index is 0.248. The number of amides is 1. The summed E-state index contributed by atoms with van der Waals surface area (Å²) in [4.78, 5) is 13.6. The Balaban J connectivity index is 1.75. The number of rotatable bonds is 2. The molecule has 1 unspecified atom stereocenters. The summed E-state index contributed by atoms with van der Waals surface area (Å²) in [6.45, 7) is 3.91. The third-order valence-electron chi connectivity index (χ3n) is 3.71. The zero-order valence-electron chi connectivity index (χ0n) is 10.5. The van der Waals surface area contributed by atoms with E-state index in [-0.39, 0.29) is 5.91 Å². The molecule has 1 aromatic rings. The van der Waals surface area contributed by atoms with Gasteiger partial charge in [0.15, 0.2) is 11.5 Å². The van der Waals surface area contributed by atoms with Crippen molar-refractivity contribution >= 4 is 5.91 Å². The first-order valence-corrected chi connectivity index (χ1v) is 6.45. The van der Waals surface area contributed by atoms with Gasteiger partial charge in [-0.3, -0.25) is 4.79 Å². The maximum atomic E-state index is 11.7. The van der Waals surface area contributed by atoms with Crippen LogP contribution >= 0.6 is 0 Å². The van der Waals surface area contributed by atoms with Gasteiger partial charge in [-0.15, -0.1) is 0 Å². The molecule has 1 aromatic carbocycles. The van der Waals surface area contributed by atoms with Gasteiger partial charge in [-0.2, -0.15) is 0 Å². The molecule has 1 atom stereocenters. The summed E-state index contributed by atoms with van der Waals surface area (Å²) in [5.74, 6) is 2.32. The highest BCUT2D eigenvalue weighted by Gasteiger charge is 2.27. The fraction of sp³-hybridized carbons (Fsp3) is 0.500. The van der Waals surface area contributed by atoms with E-state index < -0.39 is 0 Å². The van der Waals surface area contributed by atoms with E-state index in [9.17, 15) is 4.79 Å². The van der Waals surface area contributed by atoms with Gasteiger partial charge < -0.3 is 14.4 Å². The summed E-state index contributed by atoms with van der Waals surface area (Å²) in [7, 11) is 0. The van der Waals surface area contributed by atoms with Crippen molar-refractivity contribution in [2.24, 2.45) is 0 Å². The number of benzene rings is 1. The lowest BCUT2D eigenvalue weighted by Crippen LogP contribution is -2.27. The predicted molar refractivity (Wildman–Crippen MR) is 66.8 cm³/mol. The van der Waals surface area contributed by atoms with Crippen molar-refractivity contribution < 1.29 is 14.3 Å². The van der Waals surface area contributed by atoms with E-state index in [1.807, 2.05) is 24.0 Å². The molecule has 2 aliphatic rings. The molecule has 0 aliphatic carbocycles. The van der Waals surface area contributed by atoms with Gasteiger partial charge in [0.1, 0.15) is 0 Å². The zero-order valence-corrected chi connectivity index (χ0v) is 10.5. The van der Waals surface area contributed by atoms with Gasteiger partial charge in [0.2, 0.25) is 12.7 Å². The number of carbonyl (C=O) groups excluding carboxylic acids is 1.